The molecule has 1 aliphatic carbocycles. The highest BCUT2D eigenvalue weighted by Crippen LogP contribution is 2.33. The maximum atomic E-state index is 12.0. The molecule has 5 nitrogen and oxygen atoms in total. The van der Waals surface area contributed by atoms with Crippen molar-refractivity contribution in [3.63, 3.8) is 0 Å². The Morgan fingerprint density at radius 2 is 1.79 bits per heavy atom. The quantitative estimate of drug-likeness (QED) is 0.403. The highest BCUT2D eigenvalue weighted by Gasteiger charge is 2.34. The fourth-order valence-corrected chi connectivity index (χ4v) is 3.36. The largest absolute Gasteiger partial charge is 0.481 e. The van der Waals surface area contributed by atoms with Crippen molar-refractivity contribution in [2.45, 2.75) is 84.0 Å². The molecule has 0 aromatic heterocycles. The average molecular weight is 340 g/mol. The second kappa shape index (κ2) is 12.0. The van der Waals surface area contributed by atoms with Gasteiger partial charge in [-0.3, -0.25) is 14.4 Å². The molecule has 1 N–H and O–H groups in total. The number of carboxylic acid groups (broad SMARTS) is 1. The highest BCUT2D eigenvalue weighted by atomic mass is 16.5. The Balaban J connectivity index is 2.20. The van der Waals surface area contributed by atoms with Crippen LogP contribution in [0, 0.1) is 11.8 Å². The predicted molar refractivity (Wildman–Crippen MR) is 91.7 cm³/mol. The fourth-order valence-electron chi connectivity index (χ4n) is 3.36. The standard InChI is InChI=1S/C19H32O5/c1-2-3-6-11-19(23)24-14-15-12-13-17(20)16(15)9-7-4-5-8-10-18(21)22/h15-16H,2-14H2,1H3,(H,21,22)/t15-,16-/m0/s1. The van der Waals surface area contributed by atoms with E-state index in [1.165, 1.54) is 0 Å². The van der Waals surface area contributed by atoms with Crippen LogP contribution in [0.5, 0.6) is 0 Å². The van der Waals surface area contributed by atoms with Crippen LogP contribution in [-0.4, -0.2) is 29.4 Å². The highest BCUT2D eigenvalue weighted by molar-refractivity contribution is 5.83. The lowest BCUT2D eigenvalue weighted by atomic mass is 9.90. The van der Waals surface area contributed by atoms with E-state index in [-0.39, 0.29) is 24.2 Å². The van der Waals surface area contributed by atoms with E-state index in [2.05, 4.69) is 6.92 Å². The molecule has 0 spiro atoms. The summed E-state index contributed by atoms with van der Waals surface area (Å²) in [6, 6.07) is 0. The number of hydrogen-bond acceptors (Lipinski definition) is 4. The number of hydrogen-bond donors (Lipinski definition) is 1. The Morgan fingerprint density at radius 3 is 2.50 bits per heavy atom. The lowest BCUT2D eigenvalue weighted by molar-refractivity contribution is -0.146. The molecule has 138 valence electrons. The van der Waals surface area contributed by atoms with Gasteiger partial charge < -0.3 is 9.84 Å². The number of carbonyl (C=O) groups is 3. The molecule has 0 aromatic rings. The van der Waals surface area contributed by atoms with Crippen molar-refractivity contribution in [2.24, 2.45) is 11.8 Å². The maximum Gasteiger partial charge on any atom is 0.305 e. The third-order valence-corrected chi connectivity index (χ3v) is 4.84. The first-order valence-electron chi connectivity index (χ1n) is 9.44. The summed E-state index contributed by atoms with van der Waals surface area (Å²) in [6.07, 6.45) is 9.45. The van der Waals surface area contributed by atoms with Gasteiger partial charge in [0.1, 0.15) is 5.78 Å². The van der Waals surface area contributed by atoms with Gasteiger partial charge in [-0.05, 0) is 25.7 Å². The van der Waals surface area contributed by atoms with Crippen LogP contribution < -0.4 is 0 Å². The lowest BCUT2D eigenvalue weighted by Gasteiger charge is -2.18. The van der Waals surface area contributed by atoms with E-state index in [4.69, 9.17) is 9.84 Å². The number of aliphatic carboxylic acids is 1. The number of esters is 1. The van der Waals surface area contributed by atoms with Crippen LogP contribution in [0.2, 0.25) is 0 Å². The van der Waals surface area contributed by atoms with Crippen LogP contribution in [0.25, 0.3) is 0 Å². The summed E-state index contributed by atoms with van der Waals surface area (Å²) in [6.45, 7) is 2.47. The number of rotatable bonds is 13. The van der Waals surface area contributed by atoms with Crippen LogP contribution in [0.3, 0.4) is 0 Å². The van der Waals surface area contributed by atoms with Gasteiger partial charge in [0.2, 0.25) is 0 Å². The molecular formula is C19H32O5. The van der Waals surface area contributed by atoms with Crippen LogP contribution in [0.15, 0.2) is 0 Å². The first kappa shape index (κ1) is 20.7. The van der Waals surface area contributed by atoms with Gasteiger partial charge >= 0.3 is 11.9 Å². The third kappa shape index (κ3) is 8.46. The monoisotopic (exact) mass is 340 g/mol. The Labute approximate surface area is 145 Å². The summed E-state index contributed by atoms with van der Waals surface area (Å²) in [4.78, 5) is 34.2. The normalized spacial score (nSPS) is 20.3. The van der Waals surface area contributed by atoms with Gasteiger partial charge in [0.15, 0.2) is 0 Å². The smallest absolute Gasteiger partial charge is 0.305 e. The number of unbranched alkanes of at least 4 members (excludes halogenated alkanes) is 5. The molecule has 0 radical (unpaired) electrons. The number of carbonyl (C=O) groups excluding carboxylic acids is 2. The van der Waals surface area contributed by atoms with Gasteiger partial charge in [-0.15, -0.1) is 0 Å². The zero-order valence-electron chi connectivity index (χ0n) is 14.9. The molecule has 0 amide bonds. The zero-order valence-corrected chi connectivity index (χ0v) is 14.9. The molecule has 5 heteroatoms. The molecule has 0 unspecified atom stereocenters. The van der Waals surface area contributed by atoms with E-state index in [9.17, 15) is 14.4 Å². The zero-order chi connectivity index (χ0) is 17.8. The van der Waals surface area contributed by atoms with Crippen molar-refractivity contribution < 1.29 is 24.2 Å². The van der Waals surface area contributed by atoms with Gasteiger partial charge in [-0.1, -0.05) is 39.0 Å². The summed E-state index contributed by atoms with van der Waals surface area (Å²) in [5.74, 6) is -0.399. The third-order valence-electron chi connectivity index (χ3n) is 4.84. The lowest BCUT2D eigenvalue weighted by Crippen LogP contribution is -2.21. The number of ether oxygens (including phenoxy) is 1. The van der Waals surface area contributed by atoms with E-state index >= 15 is 0 Å². The van der Waals surface area contributed by atoms with Gasteiger partial charge in [0.25, 0.3) is 0 Å². The summed E-state index contributed by atoms with van der Waals surface area (Å²) in [7, 11) is 0. The molecule has 2 atom stereocenters. The Bertz CT molecular complexity index is 405. The summed E-state index contributed by atoms with van der Waals surface area (Å²) in [5.41, 5.74) is 0. The van der Waals surface area contributed by atoms with E-state index < -0.39 is 5.97 Å². The summed E-state index contributed by atoms with van der Waals surface area (Å²) < 4.78 is 5.37. The molecule has 0 saturated heterocycles. The van der Waals surface area contributed by atoms with Crippen molar-refractivity contribution in [3.05, 3.63) is 0 Å². The molecule has 0 aliphatic heterocycles. The maximum absolute atomic E-state index is 12.0. The van der Waals surface area contributed by atoms with E-state index in [1.807, 2.05) is 0 Å². The SMILES string of the molecule is CCCCCC(=O)OC[C@@H]1CCC(=O)[C@H]1CCCCCCC(=O)O. The molecule has 0 bridgehead atoms. The molecule has 0 heterocycles. The molecule has 1 saturated carbocycles. The second-order valence-corrected chi connectivity index (χ2v) is 6.86. The van der Waals surface area contributed by atoms with Crippen molar-refractivity contribution >= 4 is 17.7 Å². The number of carboxylic acids is 1. The number of Topliss-reactive ketones (excluding diaryl/α,β-unsaturated/α-hetero) is 1. The van der Waals surface area contributed by atoms with E-state index in [0.29, 0.717) is 31.7 Å². The van der Waals surface area contributed by atoms with Crippen LogP contribution in [0.4, 0.5) is 0 Å². The number of ketones is 1. The van der Waals surface area contributed by atoms with Crippen molar-refractivity contribution in [3.8, 4) is 0 Å². The van der Waals surface area contributed by atoms with E-state index in [1.54, 1.807) is 0 Å². The van der Waals surface area contributed by atoms with E-state index in [0.717, 1.165) is 51.4 Å². The molecular weight excluding hydrogens is 308 g/mol. The second-order valence-electron chi connectivity index (χ2n) is 6.86. The molecule has 1 fully saturated rings. The summed E-state index contributed by atoms with van der Waals surface area (Å²) in [5, 5.41) is 8.60. The minimum Gasteiger partial charge on any atom is -0.481 e. The molecule has 0 aromatic carbocycles. The minimum atomic E-state index is -0.748. The Hall–Kier alpha value is -1.39. The molecule has 24 heavy (non-hydrogen) atoms. The first-order valence-corrected chi connectivity index (χ1v) is 9.44. The fraction of sp³-hybridized carbons (Fsp3) is 0.842. The van der Waals surface area contributed by atoms with Gasteiger partial charge in [-0.2, -0.15) is 0 Å². The van der Waals surface area contributed by atoms with Gasteiger partial charge in [0.05, 0.1) is 6.61 Å². The minimum absolute atomic E-state index is 0.0212. The van der Waals surface area contributed by atoms with Crippen LogP contribution >= 0.6 is 0 Å². The van der Waals surface area contributed by atoms with Crippen molar-refractivity contribution in [2.75, 3.05) is 6.61 Å². The topological polar surface area (TPSA) is 80.7 Å². The van der Waals surface area contributed by atoms with Crippen LogP contribution in [-0.2, 0) is 19.1 Å². The summed E-state index contributed by atoms with van der Waals surface area (Å²) >= 11 is 0. The van der Waals surface area contributed by atoms with Crippen LogP contribution in [0.1, 0.15) is 84.0 Å². The average Bonchev–Trinajstić information content (AvgIpc) is 2.89. The molecule has 1 rings (SSSR count). The first-order chi connectivity index (χ1) is 11.5. The Morgan fingerprint density at radius 1 is 1.08 bits per heavy atom. The van der Waals surface area contributed by atoms with Gasteiger partial charge in [0, 0.05) is 31.1 Å². The van der Waals surface area contributed by atoms with Gasteiger partial charge in [-0.25, -0.2) is 0 Å². The molecule has 1 aliphatic rings. The van der Waals surface area contributed by atoms with Crippen molar-refractivity contribution in [1.29, 1.82) is 0 Å². The predicted octanol–water partition coefficient (Wildman–Crippen LogP) is 4.13. The van der Waals surface area contributed by atoms with Crippen molar-refractivity contribution in [1.82, 2.24) is 0 Å². The Kier molecular flexibility index (Phi) is 10.4.